The maximum Gasteiger partial charge on any atom is 0.224 e. The van der Waals surface area contributed by atoms with Gasteiger partial charge in [-0.1, -0.05) is 39.0 Å². The SMILES string of the molecule is CCCCCCCCOc1ccc(SC(=O)c2ccc(C#N)cc2)c(F)c1. The van der Waals surface area contributed by atoms with Crippen LogP contribution in [0.4, 0.5) is 4.39 Å². The van der Waals surface area contributed by atoms with Gasteiger partial charge in [0.05, 0.1) is 23.1 Å². The van der Waals surface area contributed by atoms with Gasteiger partial charge in [-0.3, -0.25) is 4.79 Å². The summed E-state index contributed by atoms with van der Waals surface area (Å²) in [6, 6.07) is 12.9. The van der Waals surface area contributed by atoms with E-state index in [1.54, 1.807) is 36.4 Å². The molecule has 0 fully saturated rings. The number of benzene rings is 2. The second kappa shape index (κ2) is 11.4. The molecule has 2 aromatic rings. The molecule has 5 heteroatoms. The Balaban J connectivity index is 1.83. The van der Waals surface area contributed by atoms with Crippen LogP contribution in [-0.4, -0.2) is 11.7 Å². The maximum absolute atomic E-state index is 14.3. The minimum atomic E-state index is -0.470. The van der Waals surface area contributed by atoms with Gasteiger partial charge < -0.3 is 4.74 Å². The van der Waals surface area contributed by atoms with E-state index in [1.165, 1.54) is 31.7 Å². The number of unbranched alkanes of at least 4 members (excludes halogenated alkanes) is 5. The lowest BCUT2D eigenvalue weighted by molar-refractivity contribution is 0.108. The van der Waals surface area contributed by atoms with Crippen LogP contribution in [0.15, 0.2) is 47.4 Å². The van der Waals surface area contributed by atoms with E-state index in [0.29, 0.717) is 23.5 Å². The first-order chi connectivity index (χ1) is 13.1. The molecule has 0 aliphatic carbocycles. The number of ether oxygens (including phenoxy) is 1. The van der Waals surface area contributed by atoms with E-state index in [0.717, 1.165) is 24.6 Å². The van der Waals surface area contributed by atoms with Crippen molar-refractivity contribution in [1.82, 2.24) is 0 Å². The fourth-order valence-corrected chi connectivity index (χ4v) is 3.31. The zero-order valence-electron chi connectivity index (χ0n) is 15.5. The topological polar surface area (TPSA) is 50.1 Å². The van der Waals surface area contributed by atoms with Gasteiger partial charge in [-0.25, -0.2) is 4.39 Å². The molecule has 0 atom stereocenters. The molecule has 0 N–H and O–H groups in total. The zero-order valence-corrected chi connectivity index (χ0v) is 16.4. The van der Waals surface area contributed by atoms with E-state index in [-0.39, 0.29) is 10.0 Å². The second-order valence-electron chi connectivity index (χ2n) is 6.29. The molecule has 2 rings (SSSR count). The molecule has 142 valence electrons. The minimum Gasteiger partial charge on any atom is -0.493 e. The van der Waals surface area contributed by atoms with E-state index < -0.39 is 5.82 Å². The van der Waals surface area contributed by atoms with Gasteiger partial charge in [0, 0.05) is 11.6 Å². The first-order valence-electron chi connectivity index (χ1n) is 9.28. The van der Waals surface area contributed by atoms with Gasteiger partial charge in [0.15, 0.2) is 0 Å². The van der Waals surface area contributed by atoms with Gasteiger partial charge in [0.25, 0.3) is 0 Å². The Bertz CT molecular complexity index is 784. The Morgan fingerprint density at radius 3 is 2.44 bits per heavy atom. The number of thioether (sulfide) groups is 1. The molecule has 0 aliphatic rings. The molecule has 0 unspecified atom stereocenters. The van der Waals surface area contributed by atoms with Crippen molar-refractivity contribution >= 4 is 16.9 Å². The van der Waals surface area contributed by atoms with Crippen LogP contribution >= 0.6 is 11.8 Å². The van der Waals surface area contributed by atoms with Crippen molar-refractivity contribution in [2.24, 2.45) is 0 Å². The summed E-state index contributed by atoms with van der Waals surface area (Å²) in [5.41, 5.74) is 0.913. The van der Waals surface area contributed by atoms with Crippen LogP contribution < -0.4 is 4.74 Å². The molecule has 0 aliphatic heterocycles. The summed E-state index contributed by atoms with van der Waals surface area (Å²) in [5, 5.41) is 8.52. The number of hydrogen-bond donors (Lipinski definition) is 0. The van der Waals surface area contributed by atoms with Crippen LogP contribution in [0, 0.1) is 17.1 Å². The maximum atomic E-state index is 14.3. The quantitative estimate of drug-likeness (QED) is 0.352. The van der Waals surface area contributed by atoms with Crippen LogP contribution in [0.25, 0.3) is 0 Å². The number of rotatable bonds is 10. The van der Waals surface area contributed by atoms with Crippen molar-refractivity contribution < 1.29 is 13.9 Å². The Morgan fingerprint density at radius 2 is 1.78 bits per heavy atom. The highest BCUT2D eigenvalue weighted by Gasteiger charge is 2.12. The highest BCUT2D eigenvalue weighted by molar-refractivity contribution is 8.14. The third-order valence-corrected chi connectivity index (χ3v) is 5.09. The van der Waals surface area contributed by atoms with Crippen molar-refractivity contribution in [3.8, 4) is 11.8 Å². The zero-order chi connectivity index (χ0) is 19.5. The van der Waals surface area contributed by atoms with E-state index in [4.69, 9.17) is 10.00 Å². The summed E-state index contributed by atoms with van der Waals surface area (Å²) in [7, 11) is 0. The van der Waals surface area contributed by atoms with E-state index in [1.807, 2.05) is 6.07 Å². The normalized spacial score (nSPS) is 10.4. The molecule has 27 heavy (non-hydrogen) atoms. The molecule has 0 heterocycles. The summed E-state index contributed by atoms with van der Waals surface area (Å²) in [4.78, 5) is 12.5. The van der Waals surface area contributed by atoms with Crippen molar-refractivity contribution in [1.29, 1.82) is 5.26 Å². The number of carbonyl (C=O) groups excluding carboxylic acids is 1. The molecule has 0 saturated carbocycles. The average molecular weight is 386 g/mol. The fourth-order valence-electron chi connectivity index (χ4n) is 2.57. The summed E-state index contributed by atoms with van der Waals surface area (Å²) < 4.78 is 19.9. The van der Waals surface area contributed by atoms with Crippen molar-refractivity contribution in [2.75, 3.05) is 6.61 Å². The first kappa shape index (κ1) is 21.0. The predicted molar refractivity (Wildman–Crippen MR) is 107 cm³/mol. The molecular weight excluding hydrogens is 361 g/mol. The first-order valence-corrected chi connectivity index (χ1v) is 10.1. The molecule has 3 nitrogen and oxygen atoms in total. The fraction of sp³-hybridized carbons (Fsp3) is 0.364. The van der Waals surface area contributed by atoms with E-state index in [2.05, 4.69) is 6.92 Å². The largest absolute Gasteiger partial charge is 0.493 e. The van der Waals surface area contributed by atoms with Gasteiger partial charge in [0.1, 0.15) is 11.6 Å². The molecule has 2 aromatic carbocycles. The lowest BCUT2D eigenvalue weighted by atomic mass is 10.1. The number of hydrogen-bond acceptors (Lipinski definition) is 4. The number of carbonyl (C=O) groups is 1. The molecular formula is C22H24FNO2S. The molecule has 0 saturated heterocycles. The van der Waals surface area contributed by atoms with Gasteiger partial charge in [-0.2, -0.15) is 5.26 Å². The molecule has 0 bridgehead atoms. The van der Waals surface area contributed by atoms with Crippen LogP contribution in [0.1, 0.15) is 61.4 Å². The average Bonchev–Trinajstić information content (AvgIpc) is 2.69. The van der Waals surface area contributed by atoms with Gasteiger partial charge in [-0.05, 0) is 54.6 Å². The lowest BCUT2D eigenvalue weighted by Crippen LogP contribution is -1.99. The predicted octanol–water partition coefficient (Wildman–Crippen LogP) is 6.37. The minimum absolute atomic E-state index is 0.260. The number of halogens is 1. The standard InChI is InChI=1S/C22H24FNO2S/c1-2-3-4-5-6-7-14-26-19-12-13-21(20(23)15-19)27-22(25)18-10-8-17(16-24)9-11-18/h8-13,15H,2-7,14H2,1H3. The van der Waals surface area contributed by atoms with Crippen molar-refractivity contribution in [3.63, 3.8) is 0 Å². The van der Waals surface area contributed by atoms with Crippen LogP contribution in [0.5, 0.6) is 5.75 Å². The smallest absolute Gasteiger partial charge is 0.224 e. The highest BCUT2D eigenvalue weighted by Crippen LogP contribution is 2.28. The monoisotopic (exact) mass is 385 g/mol. The Hall–Kier alpha value is -2.32. The summed E-state index contributed by atoms with van der Waals surface area (Å²) >= 11 is 0.833. The molecule has 0 radical (unpaired) electrons. The second-order valence-corrected chi connectivity index (χ2v) is 7.30. The van der Waals surface area contributed by atoms with Crippen LogP contribution in [0.2, 0.25) is 0 Å². The molecule has 0 aromatic heterocycles. The van der Waals surface area contributed by atoms with Gasteiger partial charge >= 0.3 is 0 Å². The van der Waals surface area contributed by atoms with Crippen molar-refractivity contribution in [2.45, 2.75) is 50.3 Å². The van der Waals surface area contributed by atoms with E-state index in [9.17, 15) is 9.18 Å². The Labute approximate surface area is 164 Å². The Kier molecular flexibility index (Phi) is 8.86. The lowest BCUT2D eigenvalue weighted by Gasteiger charge is -2.08. The van der Waals surface area contributed by atoms with Gasteiger partial charge in [-0.15, -0.1) is 0 Å². The number of nitriles is 1. The third-order valence-electron chi connectivity index (χ3n) is 4.12. The van der Waals surface area contributed by atoms with Crippen LogP contribution in [-0.2, 0) is 0 Å². The Morgan fingerprint density at radius 1 is 1.07 bits per heavy atom. The summed E-state index contributed by atoms with van der Waals surface area (Å²) in [5.74, 6) is 0.0127. The van der Waals surface area contributed by atoms with Gasteiger partial charge in [0.2, 0.25) is 5.12 Å². The van der Waals surface area contributed by atoms with Crippen LogP contribution in [0.3, 0.4) is 0 Å². The van der Waals surface area contributed by atoms with Crippen molar-refractivity contribution in [3.05, 3.63) is 59.4 Å². The third kappa shape index (κ3) is 7.07. The highest BCUT2D eigenvalue weighted by atomic mass is 32.2. The summed E-state index contributed by atoms with van der Waals surface area (Å²) in [6.07, 6.45) is 7.04. The molecule has 0 amide bonds. The summed E-state index contributed by atoms with van der Waals surface area (Å²) in [6.45, 7) is 2.76. The molecule has 0 spiro atoms. The number of nitrogens with zero attached hydrogens (tertiary/aromatic N) is 1. The van der Waals surface area contributed by atoms with E-state index >= 15 is 0 Å².